The SMILES string of the molecule is COc1cc([N+](=O)[O-])ccc1-c1ccc(/C=C2/SC(=S)N(c3ccc(Cl)cc3)C2=O)o1. The smallest absolute Gasteiger partial charge is 0.273 e. The molecule has 0 N–H and O–H groups in total. The molecule has 0 radical (unpaired) electrons. The molecule has 1 aliphatic rings. The van der Waals surface area contributed by atoms with Gasteiger partial charge in [-0.2, -0.15) is 0 Å². The predicted molar refractivity (Wildman–Crippen MR) is 124 cm³/mol. The van der Waals surface area contributed by atoms with Gasteiger partial charge in [0.15, 0.2) is 4.32 Å². The zero-order valence-electron chi connectivity index (χ0n) is 15.9. The molecule has 4 rings (SSSR count). The molecule has 156 valence electrons. The first kappa shape index (κ1) is 21.1. The van der Waals surface area contributed by atoms with Crippen molar-refractivity contribution < 1.29 is 18.9 Å². The van der Waals surface area contributed by atoms with Crippen molar-refractivity contribution in [3.05, 3.63) is 80.4 Å². The van der Waals surface area contributed by atoms with Crippen molar-refractivity contribution in [3.63, 3.8) is 0 Å². The van der Waals surface area contributed by atoms with Gasteiger partial charge in [0.05, 0.1) is 34.3 Å². The van der Waals surface area contributed by atoms with Gasteiger partial charge in [-0.05, 0) is 42.5 Å². The van der Waals surface area contributed by atoms with Crippen molar-refractivity contribution in [1.29, 1.82) is 0 Å². The van der Waals surface area contributed by atoms with E-state index in [2.05, 4.69) is 0 Å². The summed E-state index contributed by atoms with van der Waals surface area (Å²) in [6.07, 6.45) is 1.61. The minimum absolute atomic E-state index is 0.0850. The lowest BCUT2D eigenvalue weighted by Gasteiger charge is -2.14. The van der Waals surface area contributed by atoms with Crippen LogP contribution in [0.2, 0.25) is 5.02 Å². The van der Waals surface area contributed by atoms with Gasteiger partial charge >= 0.3 is 0 Å². The molecule has 0 atom stereocenters. The highest BCUT2D eigenvalue weighted by molar-refractivity contribution is 8.27. The number of amides is 1. The quantitative estimate of drug-likeness (QED) is 0.197. The number of ether oxygens (including phenoxy) is 1. The van der Waals surface area contributed by atoms with Crippen LogP contribution in [0.1, 0.15) is 5.76 Å². The standard InChI is InChI=1S/C21H13ClN2O5S2/c1-28-18-10-14(24(26)27)6-8-16(18)17-9-7-15(29-17)11-19-20(25)23(21(30)31-19)13-4-2-12(22)3-5-13/h2-11H,1H3/b19-11+. The van der Waals surface area contributed by atoms with E-state index in [0.717, 1.165) is 0 Å². The third kappa shape index (κ3) is 4.20. The normalized spacial score (nSPS) is 15.0. The maximum Gasteiger partial charge on any atom is 0.273 e. The largest absolute Gasteiger partial charge is 0.496 e. The summed E-state index contributed by atoms with van der Waals surface area (Å²) in [5, 5.41) is 11.5. The molecule has 0 saturated carbocycles. The zero-order chi connectivity index (χ0) is 22.1. The molecule has 7 nitrogen and oxygen atoms in total. The predicted octanol–water partition coefficient (Wildman–Crippen LogP) is 5.92. The molecule has 1 fully saturated rings. The fraction of sp³-hybridized carbons (Fsp3) is 0.0476. The van der Waals surface area contributed by atoms with E-state index in [1.807, 2.05) is 0 Å². The Bertz CT molecular complexity index is 1240. The van der Waals surface area contributed by atoms with E-state index in [-0.39, 0.29) is 11.6 Å². The lowest BCUT2D eigenvalue weighted by molar-refractivity contribution is -0.384. The Kier molecular flexibility index (Phi) is 5.81. The number of thioether (sulfide) groups is 1. The summed E-state index contributed by atoms with van der Waals surface area (Å²) < 4.78 is 11.5. The van der Waals surface area contributed by atoms with Gasteiger partial charge in [-0.1, -0.05) is 35.6 Å². The second-order valence-corrected chi connectivity index (χ2v) is 8.45. The first-order chi connectivity index (χ1) is 14.9. The Balaban J connectivity index is 1.62. The first-order valence-corrected chi connectivity index (χ1v) is 10.4. The van der Waals surface area contributed by atoms with Gasteiger partial charge in [0.25, 0.3) is 11.6 Å². The zero-order valence-corrected chi connectivity index (χ0v) is 18.3. The lowest BCUT2D eigenvalue weighted by atomic mass is 10.1. The van der Waals surface area contributed by atoms with E-state index in [0.29, 0.717) is 42.8 Å². The number of nitro benzene ring substituents is 1. The molecular formula is C21H13ClN2O5S2. The van der Waals surface area contributed by atoms with Gasteiger partial charge in [0.1, 0.15) is 17.3 Å². The van der Waals surface area contributed by atoms with Crippen LogP contribution in [0, 0.1) is 10.1 Å². The third-order valence-electron chi connectivity index (χ3n) is 4.44. The molecular weight excluding hydrogens is 460 g/mol. The van der Waals surface area contributed by atoms with Crippen LogP contribution in [0.4, 0.5) is 11.4 Å². The summed E-state index contributed by atoms with van der Waals surface area (Å²) >= 11 is 12.5. The molecule has 1 amide bonds. The summed E-state index contributed by atoms with van der Waals surface area (Å²) in [5.41, 5.74) is 1.10. The number of thiocarbonyl (C=S) groups is 1. The highest BCUT2D eigenvalue weighted by Crippen LogP contribution is 2.38. The number of carbonyl (C=O) groups is 1. The van der Waals surface area contributed by atoms with E-state index in [1.165, 1.54) is 35.9 Å². The van der Waals surface area contributed by atoms with Crippen LogP contribution in [-0.4, -0.2) is 22.3 Å². The highest BCUT2D eigenvalue weighted by atomic mass is 35.5. The molecule has 2 aromatic carbocycles. The number of anilines is 1. The van der Waals surface area contributed by atoms with Crippen molar-refractivity contribution in [3.8, 4) is 17.1 Å². The maximum absolute atomic E-state index is 12.9. The van der Waals surface area contributed by atoms with Crippen LogP contribution in [0.5, 0.6) is 5.75 Å². The Morgan fingerprint density at radius 2 is 1.94 bits per heavy atom. The molecule has 0 bridgehead atoms. The average Bonchev–Trinajstić information content (AvgIpc) is 3.32. The number of hydrogen-bond acceptors (Lipinski definition) is 7. The molecule has 1 saturated heterocycles. The fourth-order valence-corrected chi connectivity index (χ4v) is 4.39. The summed E-state index contributed by atoms with van der Waals surface area (Å²) in [7, 11) is 1.43. The summed E-state index contributed by atoms with van der Waals surface area (Å²) in [4.78, 5) is 25.2. The molecule has 31 heavy (non-hydrogen) atoms. The van der Waals surface area contributed by atoms with E-state index in [4.69, 9.17) is 33.0 Å². The number of halogens is 1. The summed E-state index contributed by atoms with van der Waals surface area (Å²) in [6, 6.07) is 14.5. The van der Waals surface area contributed by atoms with Gasteiger partial charge in [0, 0.05) is 17.2 Å². The lowest BCUT2D eigenvalue weighted by Crippen LogP contribution is -2.27. The second kappa shape index (κ2) is 8.54. The van der Waals surface area contributed by atoms with Crippen molar-refractivity contribution in [2.75, 3.05) is 12.0 Å². The average molecular weight is 473 g/mol. The molecule has 3 aromatic rings. The number of carbonyl (C=O) groups excluding carboxylic acids is 1. The van der Waals surface area contributed by atoms with Crippen molar-refractivity contribution >= 4 is 63.3 Å². The van der Waals surface area contributed by atoms with Gasteiger partial charge in [-0.3, -0.25) is 19.8 Å². The van der Waals surface area contributed by atoms with Crippen LogP contribution in [0.3, 0.4) is 0 Å². The molecule has 0 aliphatic carbocycles. The first-order valence-electron chi connectivity index (χ1n) is 8.83. The second-order valence-electron chi connectivity index (χ2n) is 6.34. The van der Waals surface area contributed by atoms with Gasteiger partial charge in [-0.15, -0.1) is 0 Å². The minimum atomic E-state index is -0.497. The number of nitro groups is 1. The molecule has 1 aliphatic heterocycles. The summed E-state index contributed by atoms with van der Waals surface area (Å²) in [6.45, 7) is 0. The molecule has 1 aromatic heterocycles. The topological polar surface area (TPSA) is 85.8 Å². The molecule has 2 heterocycles. The minimum Gasteiger partial charge on any atom is -0.496 e. The van der Waals surface area contributed by atoms with Crippen molar-refractivity contribution in [1.82, 2.24) is 0 Å². The van der Waals surface area contributed by atoms with Crippen molar-refractivity contribution in [2.45, 2.75) is 0 Å². The molecule has 0 spiro atoms. The van der Waals surface area contributed by atoms with Gasteiger partial charge in [-0.25, -0.2) is 0 Å². The van der Waals surface area contributed by atoms with Gasteiger partial charge < -0.3 is 9.15 Å². The van der Waals surface area contributed by atoms with Crippen LogP contribution in [0.15, 0.2) is 63.9 Å². The monoisotopic (exact) mass is 472 g/mol. The Hall–Kier alpha value is -3.14. The van der Waals surface area contributed by atoms with Crippen LogP contribution >= 0.6 is 35.6 Å². The number of rotatable bonds is 5. The Labute approximate surface area is 191 Å². The molecule has 0 unspecified atom stereocenters. The van der Waals surface area contributed by atoms with E-state index < -0.39 is 4.92 Å². The maximum atomic E-state index is 12.9. The van der Waals surface area contributed by atoms with Crippen LogP contribution in [0.25, 0.3) is 17.4 Å². The fourth-order valence-electron chi connectivity index (χ4n) is 2.98. The van der Waals surface area contributed by atoms with E-state index in [9.17, 15) is 14.9 Å². The van der Waals surface area contributed by atoms with Crippen LogP contribution < -0.4 is 9.64 Å². The number of methoxy groups -OCH3 is 1. The van der Waals surface area contributed by atoms with Gasteiger partial charge in [0.2, 0.25) is 0 Å². The number of hydrogen-bond donors (Lipinski definition) is 0. The van der Waals surface area contributed by atoms with Crippen molar-refractivity contribution in [2.24, 2.45) is 0 Å². The Morgan fingerprint density at radius 3 is 2.61 bits per heavy atom. The number of nitrogens with zero attached hydrogens (tertiary/aromatic N) is 2. The van der Waals surface area contributed by atoms with Crippen LogP contribution in [-0.2, 0) is 4.79 Å². The summed E-state index contributed by atoms with van der Waals surface area (Å²) in [5.74, 6) is 0.936. The number of furan rings is 1. The number of benzene rings is 2. The highest BCUT2D eigenvalue weighted by Gasteiger charge is 2.33. The Morgan fingerprint density at radius 1 is 1.19 bits per heavy atom. The third-order valence-corrected chi connectivity index (χ3v) is 5.99. The molecule has 10 heteroatoms. The van der Waals surface area contributed by atoms with E-state index >= 15 is 0 Å². The van der Waals surface area contributed by atoms with E-state index in [1.54, 1.807) is 48.5 Å². The number of non-ortho nitro benzene ring substituents is 1.